The van der Waals surface area contributed by atoms with Crippen LogP contribution in [0.25, 0.3) is 22.8 Å². The normalized spacial score (nSPS) is 25.9. The molecule has 1 fully saturated rings. The molecular weight excluding hydrogens is 592 g/mol. The molecule has 3 heterocycles. The van der Waals surface area contributed by atoms with Crippen LogP contribution in [0.4, 0.5) is 17.6 Å². The van der Waals surface area contributed by atoms with Gasteiger partial charge in [-0.1, -0.05) is 16.8 Å². The average Bonchev–Trinajstić information content (AvgIpc) is 3.57. The van der Waals surface area contributed by atoms with Gasteiger partial charge in [-0.25, -0.2) is 27.7 Å². The lowest BCUT2D eigenvalue weighted by atomic mass is 9.90. The standard InChI is InChI=1S/C25H23ClF4N6O4S/c1-23(2)20(31)34-24(3,22(39-21(37)25(28,29)30)41(23,38)36-14-5-6-14)15-8-12(4-7-16(15)27)18-9-17(35-40-18)19-32-10-13(26)11-33-19/h4,7-11,14,22H,5-6H2,1-3H3,(H2,31,34)/t22?,24-,41+/m1/s1. The first-order valence-electron chi connectivity index (χ1n) is 12.2. The van der Waals surface area contributed by atoms with Gasteiger partial charge in [-0.15, -0.1) is 0 Å². The van der Waals surface area contributed by atoms with Crippen LogP contribution in [0.1, 0.15) is 39.2 Å². The van der Waals surface area contributed by atoms with E-state index in [9.17, 15) is 22.2 Å². The highest BCUT2D eigenvalue weighted by molar-refractivity contribution is 7.96. The summed E-state index contributed by atoms with van der Waals surface area (Å²) in [5.74, 6) is -3.50. The molecule has 1 aromatic carbocycles. The van der Waals surface area contributed by atoms with E-state index in [1.54, 1.807) is 0 Å². The highest BCUT2D eigenvalue weighted by Crippen LogP contribution is 2.47. The van der Waals surface area contributed by atoms with E-state index in [4.69, 9.17) is 26.6 Å². The Labute approximate surface area is 236 Å². The number of nitrogens with zero attached hydrogens (tertiary/aromatic N) is 5. The number of halogens is 5. The molecule has 41 heavy (non-hydrogen) atoms. The number of hydrogen-bond donors (Lipinski definition) is 1. The fourth-order valence-electron chi connectivity index (χ4n) is 4.31. The Bertz CT molecular complexity index is 1680. The Hall–Kier alpha value is -3.59. The van der Waals surface area contributed by atoms with Gasteiger partial charge in [0, 0.05) is 29.6 Å². The molecule has 1 aliphatic heterocycles. The second kappa shape index (κ2) is 9.76. The number of amidine groups is 1. The van der Waals surface area contributed by atoms with Crippen LogP contribution in [0.5, 0.6) is 0 Å². The number of esters is 1. The van der Waals surface area contributed by atoms with Gasteiger partial charge in [0.25, 0.3) is 0 Å². The fourth-order valence-corrected chi connectivity index (χ4v) is 7.34. The first-order valence-corrected chi connectivity index (χ1v) is 14.1. The van der Waals surface area contributed by atoms with Gasteiger partial charge < -0.3 is 15.0 Å². The third-order valence-corrected chi connectivity index (χ3v) is 10.5. The molecule has 0 amide bonds. The molecule has 2 N–H and O–H groups in total. The minimum Gasteiger partial charge on any atom is -0.438 e. The minimum atomic E-state index is -5.43. The molecule has 5 rings (SSSR count). The Morgan fingerprint density at radius 2 is 1.85 bits per heavy atom. The molecule has 2 aliphatic rings. The summed E-state index contributed by atoms with van der Waals surface area (Å²) in [5.41, 5.74) is 1.99. The van der Waals surface area contributed by atoms with Crippen LogP contribution in [-0.4, -0.2) is 53.5 Å². The number of aromatic nitrogens is 3. The maximum absolute atomic E-state index is 15.5. The van der Waals surface area contributed by atoms with Crippen LogP contribution in [-0.2, 0) is 24.8 Å². The highest BCUT2D eigenvalue weighted by Gasteiger charge is 2.60. The van der Waals surface area contributed by atoms with E-state index in [1.165, 1.54) is 51.4 Å². The van der Waals surface area contributed by atoms with Crippen molar-refractivity contribution in [1.82, 2.24) is 15.1 Å². The van der Waals surface area contributed by atoms with Gasteiger partial charge in [0.1, 0.15) is 31.7 Å². The molecule has 0 radical (unpaired) electrons. The SMILES string of the molecule is CC1(C)C(N)=N[C@](C)(c2cc(-c3cc(-c4ncc(Cl)cn4)no3)ccc2F)C(OC(=O)C(F)(F)F)[S@@]1(=O)=NC1CC1. The number of nitrogens with two attached hydrogens (primary N) is 1. The van der Waals surface area contributed by atoms with Crippen molar-refractivity contribution >= 4 is 33.1 Å². The molecule has 0 saturated heterocycles. The maximum atomic E-state index is 15.5. The van der Waals surface area contributed by atoms with Crippen molar-refractivity contribution in [3.8, 4) is 22.8 Å². The molecule has 10 nitrogen and oxygen atoms in total. The van der Waals surface area contributed by atoms with E-state index in [0.29, 0.717) is 17.9 Å². The number of rotatable bonds is 5. The van der Waals surface area contributed by atoms with Gasteiger partial charge in [-0.05, 0) is 51.8 Å². The van der Waals surface area contributed by atoms with Crippen molar-refractivity contribution in [3.63, 3.8) is 0 Å². The predicted octanol–water partition coefficient (Wildman–Crippen LogP) is 5.02. The largest absolute Gasteiger partial charge is 0.490 e. The van der Waals surface area contributed by atoms with E-state index in [0.717, 1.165) is 6.07 Å². The van der Waals surface area contributed by atoms with E-state index in [1.807, 2.05) is 0 Å². The van der Waals surface area contributed by atoms with Crippen molar-refractivity contribution in [1.29, 1.82) is 0 Å². The summed E-state index contributed by atoms with van der Waals surface area (Å²) in [4.78, 5) is 24.6. The van der Waals surface area contributed by atoms with E-state index in [-0.39, 0.29) is 34.2 Å². The van der Waals surface area contributed by atoms with Crippen molar-refractivity contribution in [2.75, 3.05) is 0 Å². The lowest BCUT2D eigenvalue weighted by Gasteiger charge is -2.45. The summed E-state index contributed by atoms with van der Waals surface area (Å²) in [6, 6.07) is 4.59. The Morgan fingerprint density at radius 1 is 1.20 bits per heavy atom. The monoisotopic (exact) mass is 614 g/mol. The first-order chi connectivity index (χ1) is 19.1. The second-order valence-electron chi connectivity index (χ2n) is 10.3. The zero-order valence-electron chi connectivity index (χ0n) is 21.8. The van der Waals surface area contributed by atoms with Crippen molar-refractivity contribution in [2.24, 2.45) is 15.1 Å². The summed E-state index contributed by atoms with van der Waals surface area (Å²) in [7, 11) is -3.94. The highest BCUT2D eigenvalue weighted by atomic mass is 35.5. The van der Waals surface area contributed by atoms with E-state index < -0.39 is 49.5 Å². The van der Waals surface area contributed by atoms with Gasteiger partial charge in [0.2, 0.25) is 5.44 Å². The Morgan fingerprint density at radius 3 is 2.46 bits per heavy atom. The van der Waals surface area contributed by atoms with Gasteiger partial charge in [-0.2, -0.15) is 13.2 Å². The number of hydrogen-bond acceptors (Lipinski definition) is 10. The molecular formula is C25H23ClF4N6O4S. The van der Waals surface area contributed by atoms with Crippen LogP contribution in [0, 0.1) is 5.82 Å². The minimum absolute atomic E-state index is 0.115. The summed E-state index contributed by atoms with van der Waals surface area (Å²) in [5, 5.41) is 4.21. The topological polar surface area (TPSA) is 146 Å². The van der Waals surface area contributed by atoms with Crippen LogP contribution in [0.15, 0.2) is 50.5 Å². The first kappa shape index (κ1) is 28.9. The van der Waals surface area contributed by atoms with Gasteiger partial charge in [0.15, 0.2) is 17.3 Å². The molecule has 1 saturated carbocycles. The second-order valence-corrected chi connectivity index (χ2v) is 13.5. The van der Waals surface area contributed by atoms with E-state index >= 15 is 4.39 Å². The molecule has 1 unspecified atom stereocenters. The Kier molecular flexibility index (Phi) is 6.88. The summed E-state index contributed by atoms with van der Waals surface area (Å²) >= 11 is 5.82. The molecule has 16 heteroatoms. The van der Waals surface area contributed by atoms with Crippen LogP contribution >= 0.6 is 11.6 Å². The molecule has 0 bridgehead atoms. The van der Waals surface area contributed by atoms with Crippen molar-refractivity contribution in [3.05, 3.63) is 53.1 Å². The zero-order chi connectivity index (χ0) is 30.0. The number of aliphatic imine (C=N–C) groups is 1. The predicted molar refractivity (Wildman–Crippen MR) is 141 cm³/mol. The molecule has 1 aliphatic carbocycles. The lowest BCUT2D eigenvalue weighted by Crippen LogP contribution is -2.61. The number of alkyl halides is 3. The molecule has 3 aromatic rings. The third-order valence-electron chi connectivity index (χ3n) is 6.90. The smallest absolute Gasteiger partial charge is 0.438 e. The quantitative estimate of drug-likeness (QED) is 0.311. The van der Waals surface area contributed by atoms with Crippen molar-refractivity contribution in [2.45, 2.75) is 61.6 Å². The van der Waals surface area contributed by atoms with Gasteiger partial charge in [0.05, 0.1) is 11.1 Å². The van der Waals surface area contributed by atoms with E-state index in [2.05, 4.69) is 24.5 Å². The number of carbonyl (C=O) groups is 1. The fraction of sp³-hybridized carbons (Fsp3) is 0.400. The van der Waals surface area contributed by atoms with Crippen LogP contribution in [0.2, 0.25) is 5.02 Å². The zero-order valence-corrected chi connectivity index (χ0v) is 23.3. The number of carbonyl (C=O) groups excluding carboxylic acids is 1. The number of ether oxygens (including phenoxy) is 1. The number of benzene rings is 1. The molecule has 3 atom stereocenters. The molecule has 218 valence electrons. The van der Waals surface area contributed by atoms with Crippen LogP contribution in [0.3, 0.4) is 0 Å². The Balaban J connectivity index is 1.67. The summed E-state index contributed by atoms with van der Waals surface area (Å²) in [6.45, 7) is 3.96. The third kappa shape index (κ3) is 5.05. The molecule has 0 spiro atoms. The maximum Gasteiger partial charge on any atom is 0.490 e. The summed E-state index contributed by atoms with van der Waals surface area (Å²) in [6.07, 6.45) is -1.65. The molecule has 2 aromatic heterocycles. The average molecular weight is 615 g/mol. The lowest BCUT2D eigenvalue weighted by molar-refractivity contribution is -0.203. The summed E-state index contributed by atoms with van der Waals surface area (Å²) < 4.78 is 83.4. The van der Waals surface area contributed by atoms with Crippen LogP contribution < -0.4 is 5.73 Å². The van der Waals surface area contributed by atoms with Gasteiger partial charge in [-0.3, -0.25) is 4.99 Å². The van der Waals surface area contributed by atoms with Crippen molar-refractivity contribution < 1.29 is 35.8 Å². The van der Waals surface area contributed by atoms with Gasteiger partial charge >= 0.3 is 12.1 Å².